The molecular formula is C46H30. The van der Waals surface area contributed by atoms with Crippen molar-refractivity contribution in [2.45, 2.75) is 0 Å². The second-order valence-corrected chi connectivity index (χ2v) is 12.1. The average molecular weight is 583 g/mol. The molecule has 0 aliphatic rings. The van der Waals surface area contributed by atoms with Gasteiger partial charge in [0.25, 0.3) is 0 Å². The Balaban J connectivity index is 1.43. The van der Waals surface area contributed by atoms with Crippen molar-refractivity contribution < 1.29 is 0 Å². The smallest absolute Gasteiger partial charge is 0.00139 e. The molecule has 0 N–H and O–H groups in total. The van der Waals surface area contributed by atoms with Gasteiger partial charge in [0.2, 0.25) is 0 Å². The van der Waals surface area contributed by atoms with Crippen LogP contribution in [0.5, 0.6) is 0 Å². The van der Waals surface area contributed by atoms with Gasteiger partial charge in [-0.15, -0.1) is 0 Å². The fraction of sp³-hybridized carbons (Fsp3) is 0. The summed E-state index contributed by atoms with van der Waals surface area (Å²) < 4.78 is 0. The van der Waals surface area contributed by atoms with Gasteiger partial charge in [-0.2, -0.15) is 0 Å². The van der Waals surface area contributed by atoms with Crippen LogP contribution in [-0.2, 0) is 0 Å². The molecule has 0 amide bonds. The maximum Gasteiger partial charge on any atom is -0.00139 e. The minimum Gasteiger partial charge on any atom is -0.0622 e. The predicted molar refractivity (Wildman–Crippen MR) is 198 cm³/mol. The first-order valence-corrected chi connectivity index (χ1v) is 15.9. The maximum atomic E-state index is 2.40. The van der Waals surface area contributed by atoms with E-state index in [0.717, 1.165) is 0 Å². The molecule has 0 heterocycles. The van der Waals surface area contributed by atoms with Gasteiger partial charge in [-0.25, -0.2) is 0 Å². The van der Waals surface area contributed by atoms with Gasteiger partial charge in [-0.1, -0.05) is 170 Å². The largest absolute Gasteiger partial charge is 0.0622 e. The summed E-state index contributed by atoms with van der Waals surface area (Å²) in [4.78, 5) is 0. The zero-order chi connectivity index (χ0) is 30.5. The van der Waals surface area contributed by atoms with Crippen molar-refractivity contribution in [3.63, 3.8) is 0 Å². The maximum absolute atomic E-state index is 2.40. The molecule has 0 unspecified atom stereocenters. The lowest BCUT2D eigenvalue weighted by Gasteiger charge is -2.20. The minimum absolute atomic E-state index is 1.23. The van der Waals surface area contributed by atoms with E-state index in [1.54, 1.807) is 0 Å². The van der Waals surface area contributed by atoms with Crippen LogP contribution in [0.4, 0.5) is 0 Å². The molecule has 214 valence electrons. The first kappa shape index (κ1) is 26.4. The van der Waals surface area contributed by atoms with E-state index in [1.165, 1.54) is 87.6 Å². The van der Waals surface area contributed by atoms with Gasteiger partial charge in [0.05, 0.1) is 0 Å². The van der Waals surface area contributed by atoms with Gasteiger partial charge in [0, 0.05) is 0 Å². The average Bonchev–Trinajstić information content (AvgIpc) is 3.14. The fourth-order valence-corrected chi connectivity index (χ4v) is 7.31. The second kappa shape index (κ2) is 10.9. The quantitative estimate of drug-likeness (QED) is 0.143. The molecule has 0 saturated carbocycles. The van der Waals surface area contributed by atoms with Gasteiger partial charge in [0.15, 0.2) is 0 Å². The molecule has 0 spiro atoms. The third-order valence-electron chi connectivity index (χ3n) is 9.43. The van der Waals surface area contributed by atoms with E-state index < -0.39 is 0 Å². The molecule has 0 bridgehead atoms. The predicted octanol–water partition coefficient (Wildman–Crippen LogP) is 13.0. The third kappa shape index (κ3) is 4.30. The van der Waals surface area contributed by atoms with Crippen LogP contribution in [-0.4, -0.2) is 0 Å². The summed E-state index contributed by atoms with van der Waals surface area (Å²) in [5.41, 5.74) is 9.97. The van der Waals surface area contributed by atoms with Gasteiger partial charge in [-0.05, 0) is 99.7 Å². The van der Waals surface area contributed by atoms with E-state index in [-0.39, 0.29) is 0 Å². The molecule has 9 aromatic carbocycles. The first-order chi connectivity index (χ1) is 22.8. The molecule has 0 aliphatic carbocycles. The fourth-order valence-electron chi connectivity index (χ4n) is 7.31. The van der Waals surface area contributed by atoms with Crippen molar-refractivity contribution in [2.24, 2.45) is 0 Å². The Morgan fingerprint density at radius 3 is 1.28 bits per heavy atom. The Morgan fingerprint density at radius 1 is 0.217 bits per heavy atom. The number of benzene rings is 9. The summed E-state index contributed by atoms with van der Waals surface area (Å²) in [7, 11) is 0. The first-order valence-electron chi connectivity index (χ1n) is 15.9. The van der Waals surface area contributed by atoms with Crippen molar-refractivity contribution >= 4 is 43.1 Å². The molecule has 9 aromatic rings. The van der Waals surface area contributed by atoms with E-state index in [1.807, 2.05) is 0 Å². The highest BCUT2D eigenvalue weighted by Gasteiger charge is 2.20. The summed E-state index contributed by atoms with van der Waals surface area (Å²) in [6.45, 7) is 0. The molecule has 0 atom stereocenters. The lowest BCUT2D eigenvalue weighted by atomic mass is 9.82. The van der Waals surface area contributed by atoms with E-state index in [0.29, 0.717) is 0 Å². The van der Waals surface area contributed by atoms with E-state index in [2.05, 4.69) is 182 Å². The molecule has 0 fully saturated rings. The highest BCUT2D eigenvalue weighted by Crippen LogP contribution is 2.48. The topological polar surface area (TPSA) is 0 Å². The van der Waals surface area contributed by atoms with Crippen molar-refractivity contribution in [2.75, 3.05) is 0 Å². The Morgan fingerprint density at radius 2 is 0.674 bits per heavy atom. The summed E-state index contributed by atoms with van der Waals surface area (Å²) in [5, 5.41) is 10.2. The monoisotopic (exact) mass is 582 g/mol. The highest BCUT2D eigenvalue weighted by atomic mass is 14.2. The molecule has 0 saturated heterocycles. The zero-order valence-electron chi connectivity index (χ0n) is 25.3. The van der Waals surface area contributed by atoms with Crippen LogP contribution in [0.25, 0.3) is 87.6 Å². The molecule has 0 nitrogen and oxygen atoms in total. The van der Waals surface area contributed by atoms with E-state index in [4.69, 9.17) is 0 Å². The van der Waals surface area contributed by atoms with Crippen LogP contribution < -0.4 is 0 Å². The number of hydrogen-bond donors (Lipinski definition) is 0. The lowest BCUT2D eigenvalue weighted by molar-refractivity contribution is 1.63. The number of rotatable bonds is 4. The molecule has 0 heteroatoms. The summed E-state index contributed by atoms with van der Waals surface area (Å²) in [6, 6.07) is 66.5. The van der Waals surface area contributed by atoms with Crippen molar-refractivity contribution in [1.29, 1.82) is 0 Å². The van der Waals surface area contributed by atoms with Crippen LogP contribution in [0.1, 0.15) is 0 Å². The van der Waals surface area contributed by atoms with Gasteiger partial charge < -0.3 is 0 Å². The zero-order valence-corrected chi connectivity index (χ0v) is 25.3. The highest BCUT2D eigenvalue weighted by molar-refractivity contribution is 6.30. The van der Waals surface area contributed by atoms with Crippen LogP contribution in [0, 0.1) is 0 Å². The summed E-state index contributed by atoms with van der Waals surface area (Å²) in [6.07, 6.45) is 0. The van der Waals surface area contributed by atoms with Crippen LogP contribution in [0.3, 0.4) is 0 Å². The normalized spacial score (nSPS) is 11.5. The lowest BCUT2D eigenvalue weighted by Crippen LogP contribution is -1.93. The Hall–Kier alpha value is -5.98. The van der Waals surface area contributed by atoms with E-state index in [9.17, 15) is 0 Å². The van der Waals surface area contributed by atoms with Crippen molar-refractivity contribution in [1.82, 2.24) is 0 Å². The van der Waals surface area contributed by atoms with Gasteiger partial charge in [-0.3, -0.25) is 0 Å². The molecule has 0 radical (unpaired) electrons. The third-order valence-corrected chi connectivity index (χ3v) is 9.43. The van der Waals surface area contributed by atoms with Crippen molar-refractivity contribution in [3.8, 4) is 44.5 Å². The SMILES string of the molecule is c1ccc(-c2ccc3c(ccc4c3ccc3c(-c5ccccc5)c5cc(-c6ccccc6)ccc5c(-c5ccccc5)c34)c2)cc1. The Labute approximate surface area is 268 Å². The molecule has 9 rings (SSSR count). The molecule has 46 heavy (non-hydrogen) atoms. The summed E-state index contributed by atoms with van der Waals surface area (Å²) in [5.74, 6) is 0. The van der Waals surface area contributed by atoms with Gasteiger partial charge >= 0.3 is 0 Å². The number of hydrogen-bond acceptors (Lipinski definition) is 0. The molecule has 0 aliphatic heterocycles. The molecule has 0 aromatic heterocycles. The van der Waals surface area contributed by atoms with Crippen LogP contribution >= 0.6 is 0 Å². The van der Waals surface area contributed by atoms with Gasteiger partial charge in [0.1, 0.15) is 0 Å². The Kier molecular flexibility index (Phi) is 6.25. The second-order valence-electron chi connectivity index (χ2n) is 12.1. The van der Waals surface area contributed by atoms with Crippen LogP contribution in [0.2, 0.25) is 0 Å². The number of fused-ring (bicyclic) bond motifs is 6. The Bertz CT molecular complexity index is 2530. The van der Waals surface area contributed by atoms with Crippen molar-refractivity contribution in [3.05, 3.63) is 182 Å². The summed E-state index contributed by atoms with van der Waals surface area (Å²) >= 11 is 0. The molecular weight excluding hydrogens is 553 g/mol. The standard InChI is InChI=1S/C46H30/c1-5-13-31(14-6-1)35-21-24-38-37(29-35)23-26-40-39(38)27-28-42-44(33-17-9-3-10-18-33)43-30-36(32-15-7-2-8-16-32)22-25-41(43)45(46(40)42)34-19-11-4-12-20-34/h1-30H. The minimum atomic E-state index is 1.23. The van der Waals surface area contributed by atoms with Crippen LogP contribution in [0.15, 0.2) is 182 Å². The van der Waals surface area contributed by atoms with E-state index >= 15 is 0 Å².